The lowest BCUT2D eigenvalue weighted by Gasteiger charge is -2.09. The summed E-state index contributed by atoms with van der Waals surface area (Å²) in [6, 6.07) is 0. The molecule has 0 saturated carbocycles. The Bertz CT molecular complexity index is 435. The van der Waals surface area contributed by atoms with Gasteiger partial charge in [0.15, 0.2) is 0 Å². The van der Waals surface area contributed by atoms with Gasteiger partial charge in [-0.05, 0) is 31.1 Å². The first-order valence-corrected chi connectivity index (χ1v) is 7.14. The molecule has 0 radical (unpaired) electrons. The van der Waals surface area contributed by atoms with Gasteiger partial charge in [0.25, 0.3) is 0 Å². The largest absolute Gasteiger partial charge is 0.506 e. The first-order chi connectivity index (χ1) is 8.22. The van der Waals surface area contributed by atoms with E-state index in [1.807, 2.05) is 24.9 Å². The second-order valence-corrected chi connectivity index (χ2v) is 5.34. The van der Waals surface area contributed by atoms with Crippen LogP contribution in [0, 0.1) is 6.92 Å². The molecule has 0 spiro atoms. The van der Waals surface area contributed by atoms with Gasteiger partial charge in [0.05, 0.1) is 12.2 Å². The van der Waals surface area contributed by atoms with Gasteiger partial charge in [-0.1, -0.05) is 6.92 Å². The smallest absolute Gasteiger partial charge is 0.142 e. The highest BCUT2D eigenvalue weighted by Gasteiger charge is 2.12. The molecule has 3 nitrogen and oxygen atoms in total. The summed E-state index contributed by atoms with van der Waals surface area (Å²) in [5.41, 5.74) is 4.01. The highest BCUT2D eigenvalue weighted by atomic mass is 32.2. The molecule has 0 atom stereocenters. The molecule has 1 aromatic heterocycles. The quantitative estimate of drug-likeness (QED) is 0.897. The van der Waals surface area contributed by atoms with Crippen LogP contribution in [0.5, 0.6) is 5.75 Å². The van der Waals surface area contributed by atoms with E-state index in [4.69, 9.17) is 0 Å². The van der Waals surface area contributed by atoms with Crippen molar-refractivity contribution in [2.45, 2.75) is 33.2 Å². The molecule has 1 aliphatic rings. The Kier molecular flexibility index (Phi) is 4.05. The second-order valence-electron chi connectivity index (χ2n) is 4.23. The summed E-state index contributed by atoms with van der Waals surface area (Å²) in [7, 11) is 0. The van der Waals surface area contributed by atoms with E-state index >= 15 is 0 Å². The summed E-state index contributed by atoms with van der Waals surface area (Å²) in [5.74, 6) is 2.55. The average molecular weight is 250 g/mol. The zero-order chi connectivity index (χ0) is 12.3. The highest BCUT2D eigenvalue weighted by molar-refractivity contribution is 8.00. The van der Waals surface area contributed by atoms with Gasteiger partial charge in [-0.15, -0.1) is 0 Å². The maximum absolute atomic E-state index is 10.0. The van der Waals surface area contributed by atoms with E-state index in [1.54, 1.807) is 0 Å². The Balaban J connectivity index is 2.24. The van der Waals surface area contributed by atoms with Crippen molar-refractivity contribution >= 4 is 17.5 Å². The predicted molar refractivity (Wildman–Crippen MR) is 73.1 cm³/mol. The van der Waals surface area contributed by atoms with E-state index in [0.717, 1.165) is 29.7 Å². The molecule has 1 aromatic rings. The topological polar surface area (TPSA) is 45.5 Å². The minimum absolute atomic E-state index is 0.319. The maximum Gasteiger partial charge on any atom is 0.142 e. The summed E-state index contributed by atoms with van der Waals surface area (Å²) < 4.78 is 0. The van der Waals surface area contributed by atoms with E-state index in [1.165, 1.54) is 11.5 Å². The van der Waals surface area contributed by atoms with E-state index in [0.29, 0.717) is 18.0 Å². The molecule has 0 aromatic carbocycles. The number of aryl methyl sites for hydroxylation is 2. The molecule has 0 aliphatic carbocycles. The predicted octanol–water partition coefficient (Wildman–Crippen LogP) is 2.74. The Morgan fingerprint density at radius 2 is 2.35 bits per heavy atom. The fourth-order valence-corrected chi connectivity index (χ4v) is 2.93. The Labute approximate surface area is 106 Å². The van der Waals surface area contributed by atoms with Crippen molar-refractivity contribution in [2.75, 3.05) is 11.5 Å². The maximum atomic E-state index is 10.0. The normalized spacial score (nSPS) is 17.9. The Hall–Kier alpha value is -1.03. The SMILES string of the molecule is CCc1cnc(C)c(O)c1CN=C1CCSC1. The summed E-state index contributed by atoms with van der Waals surface area (Å²) in [6.07, 6.45) is 3.83. The summed E-state index contributed by atoms with van der Waals surface area (Å²) in [4.78, 5) is 8.80. The minimum atomic E-state index is 0.319. The fourth-order valence-electron chi connectivity index (χ4n) is 1.93. The van der Waals surface area contributed by atoms with Crippen LogP contribution in [-0.2, 0) is 13.0 Å². The second kappa shape index (κ2) is 5.54. The zero-order valence-corrected chi connectivity index (χ0v) is 11.2. The molecular formula is C13H18N2OS. The summed E-state index contributed by atoms with van der Waals surface area (Å²) in [5, 5.41) is 10.0. The first-order valence-electron chi connectivity index (χ1n) is 5.98. The van der Waals surface area contributed by atoms with Gasteiger partial charge in [0, 0.05) is 23.2 Å². The number of rotatable bonds is 3. The molecule has 92 valence electrons. The van der Waals surface area contributed by atoms with Gasteiger partial charge < -0.3 is 5.11 Å². The molecule has 4 heteroatoms. The average Bonchev–Trinajstić information content (AvgIpc) is 2.84. The molecule has 0 unspecified atom stereocenters. The molecule has 1 saturated heterocycles. The van der Waals surface area contributed by atoms with Crippen LogP contribution in [0.15, 0.2) is 11.2 Å². The number of aliphatic imine (C=N–C) groups is 1. The van der Waals surface area contributed by atoms with E-state index in [-0.39, 0.29) is 0 Å². The monoisotopic (exact) mass is 250 g/mol. The van der Waals surface area contributed by atoms with Gasteiger partial charge in [-0.2, -0.15) is 11.8 Å². The Morgan fingerprint density at radius 1 is 1.53 bits per heavy atom. The van der Waals surface area contributed by atoms with Crippen molar-refractivity contribution in [3.05, 3.63) is 23.0 Å². The van der Waals surface area contributed by atoms with Crippen LogP contribution in [0.3, 0.4) is 0 Å². The van der Waals surface area contributed by atoms with Crippen molar-refractivity contribution in [3.63, 3.8) is 0 Å². The third-order valence-electron chi connectivity index (χ3n) is 3.08. The van der Waals surface area contributed by atoms with E-state index in [9.17, 15) is 5.11 Å². The molecule has 1 aliphatic heterocycles. The number of thioether (sulfide) groups is 1. The number of hydrogen-bond acceptors (Lipinski definition) is 4. The van der Waals surface area contributed by atoms with Gasteiger partial charge >= 0.3 is 0 Å². The summed E-state index contributed by atoms with van der Waals surface area (Å²) >= 11 is 1.93. The van der Waals surface area contributed by atoms with Crippen LogP contribution >= 0.6 is 11.8 Å². The van der Waals surface area contributed by atoms with Crippen molar-refractivity contribution in [1.82, 2.24) is 4.98 Å². The van der Waals surface area contributed by atoms with Crippen molar-refractivity contribution in [3.8, 4) is 5.75 Å². The van der Waals surface area contributed by atoms with Crippen molar-refractivity contribution in [1.29, 1.82) is 0 Å². The molecule has 0 bridgehead atoms. The summed E-state index contributed by atoms with van der Waals surface area (Å²) in [6.45, 7) is 4.50. The number of nitrogens with zero attached hydrogens (tertiary/aromatic N) is 2. The van der Waals surface area contributed by atoms with Gasteiger partial charge in [-0.3, -0.25) is 9.98 Å². The third-order valence-corrected chi connectivity index (χ3v) is 4.11. The van der Waals surface area contributed by atoms with E-state index < -0.39 is 0 Å². The standard InChI is InChI=1S/C13H18N2OS/c1-3-10-6-14-9(2)13(16)12(10)7-15-11-4-5-17-8-11/h6,16H,3-5,7-8H2,1-2H3. The number of hydrogen-bond donors (Lipinski definition) is 1. The van der Waals surface area contributed by atoms with Crippen LogP contribution in [0.1, 0.15) is 30.2 Å². The minimum Gasteiger partial charge on any atom is -0.506 e. The van der Waals surface area contributed by atoms with Crippen molar-refractivity contribution < 1.29 is 5.11 Å². The van der Waals surface area contributed by atoms with Gasteiger partial charge in [0.2, 0.25) is 0 Å². The first kappa shape index (κ1) is 12.4. The molecule has 0 amide bonds. The molecule has 1 fully saturated rings. The molecule has 2 heterocycles. The molecule has 1 N–H and O–H groups in total. The molecular weight excluding hydrogens is 232 g/mol. The van der Waals surface area contributed by atoms with Crippen LogP contribution in [0.4, 0.5) is 0 Å². The fraction of sp³-hybridized carbons (Fsp3) is 0.538. The third kappa shape index (κ3) is 2.80. The van der Waals surface area contributed by atoms with Gasteiger partial charge in [0.1, 0.15) is 5.75 Å². The number of aromatic nitrogens is 1. The van der Waals surface area contributed by atoms with Crippen LogP contribution < -0.4 is 0 Å². The lowest BCUT2D eigenvalue weighted by Crippen LogP contribution is -2.00. The number of aromatic hydroxyl groups is 1. The van der Waals surface area contributed by atoms with Crippen LogP contribution in [0.2, 0.25) is 0 Å². The van der Waals surface area contributed by atoms with Gasteiger partial charge in [-0.25, -0.2) is 0 Å². The van der Waals surface area contributed by atoms with Crippen molar-refractivity contribution in [2.24, 2.45) is 4.99 Å². The van der Waals surface area contributed by atoms with Crippen LogP contribution in [0.25, 0.3) is 0 Å². The zero-order valence-electron chi connectivity index (χ0n) is 10.4. The lowest BCUT2D eigenvalue weighted by atomic mass is 10.1. The highest BCUT2D eigenvalue weighted by Crippen LogP contribution is 2.25. The molecule has 2 rings (SSSR count). The van der Waals surface area contributed by atoms with Crippen LogP contribution in [-0.4, -0.2) is 27.3 Å². The number of pyridine rings is 1. The van der Waals surface area contributed by atoms with E-state index in [2.05, 4.69) is 16.9 Å². The Morgan fingerprint density at radius 3 is 3.00 bits per heavy atom. The lowest BCUT2D eigenvalue weighted by molar-refractivity contribution is 0.459. The molecule has 17 heavy (non-hydrogen) atoms.